The molecule has 52 valence electrons. The lowest BCUT2D eigenvalue weighted by Crippen LogP contribution is -0.382. The van der Waals surface area contributed by atoms with E-state index in [1.165, 1.54) is 0 Å². The highest BCUT2D eigenvalue weighted by Crippen LogP contribution is 0.147. The molecule has 0 aliphatic rings. The van der Waals surface area contributed by atoms with E-state index < -0.39 is 0 Å². The highest BCUT2D eigenvalue weighted by Gasteiger charge is 0.00321. The van der Waals surface area contributed by atoms with Crippen LogP contribution in [0, 0.1) is 0 Å². The lowest BCUT2D eigenvalue weighted by molar-refractivity contribution is 2.50. The van der Waals surface area contributed by atoms with E-state index in [-0.39, 0.29) is 69.1 Å². The average molecular weight is 120 g/mol. The van der Waals surface area contributed by atoms with Crippen LogP contribution in [0.25, 0.3) is 0 Å². The first-order valence-corrected chi connectivity index (χ1v) is 0. The summed E-state index contributed by atoms with van der Waals surface area (Å²) in [6.45, 7) is 0. The minimum atomic E-state index is 0. The van der Waals surface area contributed by atoms with Gasteiger partial charge in [0.2, 0.25) is 0 Å². The molecule has 0 fully saturated rings. The molecule has 12 radical (unpaired) electrons. The predicted molar refractivity (Wildman–Crippen MR) is 58.4 cm³/mol. The minimum Gasteiger partial charge on any atom is -0.0776 e. The third-order valence-electron chi connectivity index (χ3n) is 0. The van der Waals surface area contributed by atoms with Crippen molar-refractivity contribution in [3.05, 3.63) is 0 Å². The van der Waals surface area contributed by atoms with Crippen LogP contribution in [0.2, 0.25) is 0 Å². The molecule has 0 aliphatic carbocycles. The molecule has 0 heterocycles. The molecule has 0 aliphatic heterocycles. The molecular formula is C4H24B4. The summed E-state index contributed by atoms with van der Waals surface area (Å²) in [5, 5.41) is 0. The fraction of sp³-hybridized carbons (Fsp3) is 1.00. The summed E-state index contributed by atoms with van der Waals surface area (Å²) in [7, 11) is 0. The van der Waals surface area contributed by atoms with Gasteiger partial charge in [0.15, 0.2) is 0 Å². The maximum atomic E-state index is 0. The number of hydrogen-bond donors (Lipinski definition) is 0. The van der Waals surface area contributed by atoms with Crippen LogP contribution in [0.15, 0.2) is 0 Å². The normalized spacial score (nSPS) is 0. The molecule has 0 saturated heterocycles. The van der Waals surface area contributed by atoms with Crippen molar-refractivity contribution < 1.29 is 5.71 Å². The molecule has 0 rings (SSSR count). The van der Waals surface area contributed by atoms with Gasteiger partial charge in [0.1, 0.15) is 0 Å². The highest BCUT2D eigenvalue weighted by molar-refractivity contribution is 5.76. The van der Waals surface area contributed by atoms with Gasteiger partial charge in [-0.25, -0.2) is 0 Å². The zero-order valence-electron chi connectivity index (χ0n) is 2.31. The molecule has 0 saturated carbocycles. The molecule has 0 unspecified atom stereocenters. The number of rotatable bonds is 0. The van der Waals surface area contributed by atoms with Crippen molar-refractivity contribution in [3.8, 4) is 0 Å². The van der Waals surface area contributed by atoms with E-state index in [1.54, 1.807) is 0 Å². The van der Waals surface area contributed by atoms with Crippen LogP contribution in [0.3, 0.4) is 0 Å². The number of hydrogen-bond acceptors (Lipinski definition) is 0. The Morgan fingerprint density at radius 1 is 0.375 bits per heavy atom. The summed E-state index contributed by atoms with van der Waals surface area (Å²) in [4.78, 5) is 0. The first-order valence-electron chi connectivity index (χ1n) is 0. The Kier molecular flexibility index (Phi) is 3400000. The van der Waals surface area contributed by atoms with E-state index in [9.17, 15) is 0 Å². The maximum Gasteiger partial charge on any atom is 0 e. The second kappa shape index (κ2) is 4220. The van der Waals surface area contributed by atoms with Gasteiger partial charge >= 0.3 is 0 Å². The Balaban J connectivity index is 0. The lowest BCUT2D eigenvalue weighted by atomic mass is 10.8. The highest BCUT2D eigenvalue weighted by atomic mass is 12.0. The van der Waals surface area contributed by atoms with Gasteiger partial charge in [0, 0.05) is 39.4 Å². The van der Waals surface area contributed by atoms with E-state index in [1.807, 2.05) is 0 Å². The van der Waals surface area contributed by atoms with Gasteiger partial charge in [-0.1, -0.05) is 29.7 Å². The SMILES string of the molecule is C.C.C.C.[2HH].[2HH].[2HH].[2HH].[B].[B].[B].[B]. The third kappa shape index (κ3) is 2570. The van der Waals surface area contributed by atoms with E-state index in [0.717, 1.165) is 0 Å². The summed E-state index contributed by atoms with van der Waals surface area (Å²) in [6.07, 6.45) is 0. The van der Waals surface area contributed by atoms with Crippen molar-refractivity contribution in [3.63, 3.8) is 0 Å². The smallest absolute Gasteiger partial charge is 0 e. The second-order valence-corrected chi connectivity index (χ2v) is 0. The van der Waals surface area contributed by atoms with Crippen LogP contribution in [-0.4, -0.2) is 33.7 Å². The van der Waals surface area contributed by atoms with Crippen LogP contribution in [0.4, 0.5) is 0 Å². The quantitative estimate of drug-likeness (QED) is 0.428. The van der Waals surface area contributed by atoms with Gasteiger partial charge in [-0.3, -0.25) is 0 Å². The van der Waals surface area contributed by atoms with Gasteiger partial charge in [0.25, 0.3) is 0 Å². The fourth-order valence-corrected chi connectivity index (χ4v) is 0. The molecule has 0 atom stereocenters. The van der Waals surface area contributed by atoms with E-state index >= 15 is 0 Å². The van der Waals surface area contributed by atoms with Gasteiger partial charge < -0.3 is 0 Å². The summed E-state index contributed by atoms with van der Waals surface area (Å²) in [5.74, 6) is 0. The van der Waals surface area contributed by atoms with Gasteiger partial charge in [-0.05, 0) is 0 Å². The molecular weight excluding hydrogens is 91.3 g/mol. The molecule has 0 bridgehead atoms. The Bertz CT molecular complexity index is 19.0. The fourth-order valence-electron chi connectivity index (χ4n) is 0. The van der Waals surface area contributed by atoms with Crippen molar-refractivity contribution in [2.45, 2.75) is 29.7 Å². The summed E-state index contributed by atoms with van der Waals surface area (Å²) < 4.78 is 0. The molecule has 0 N–H and O–H groups in total. The molecule has 0 spiro atoms. The van der Waals surface area contributed by atoms with E-state index in [2.05, 4.69) is 0 Å². The van der Waals surface area contributed by atoms with Crippen LogP contribution in [0.1, 0.15) is 35.4 Å². The van der Waals surface area contributed by atoms with Crippen LogP contribution in [-0.2, 0) is 0 Å². The van der Waals surface area contributed by atoms with E-state index in [0.29, 0.717) is 0 Å². The van der Waals surface area contributed by atoms with Crippen LogP contribution < -0.4 is 0 Å². The predicted octanol–water partition coefficient (Wildman–Crippen LogP) is 2.01. The monoisotopic (exact) mass is 120 g/mol. The van der Waals surface area contributed by atoms with Crippen LogP contribution in [0.5, 0.6) is 0 Å². The van der Waals surface area contributed by atoms with Crippen molar-refractivity contribution >= 4 is 33.7 Å². The Morgan fingerprint density at radius 2 is 0.375 bits per heavy atom. The first-order chi connectivity index (χ1) is 0. The Morgan fingerprint density at radius 3 is 0.375 bits per heavy atom. The van der Waals surface area contributed by atoms with Crippen molar-refractivity contribution in [1.82, 2.24) is 0 Å². The summed E-state index contributed by atoms with van der Waals surface area (Å²) in [6, 6.07) is 0. The largest absolute Gasteiger partial charge is 0.0776 e. The molecule has 0 nitrogen and oxygen atoms in total. The minimum absolute atomic E-state index is 0. The molecule has 0 amide bonds. The van der Waals surface area contributed by atoms with Crippen molar-refractivity contribution in [2.24, 2.45) is 0 Å². The van der Waals surface area contributed by atoms with Crippen LogP contribution >= 0.6 is 0 Å². The average Bonchev–Trinajstić information content (AvgIpc) is 0. The zero-order valence-corrected chi connectivity index (χ0v) is 2.31. The maximum absolute atomic E-state index is 0. The lowest BCUT2D eigenvalue weighted by Gasteiger charge is -0.0786. The second-order valence-electron chi connectivity index (χ2n) is 0. The third-order valence-corrected chi connectivity index (χ3v) is 0. The summed E-state index contributed by atoms with van der Waals surface area (Å²) in [5.41, 5.74) is 0. The molecule has 8 heavy (non-hydrogen) atoms. The van der Waals surface area contributed by atoms with E-state index in [4.69, 9.17) is 0 Å². The van der Waals surface area contributed by atoms with Gasteiger partial charge in [-0.2, -0.15) is 0 Å². The molecule has 4 heteroatoms. The van der Waals surface area contributed by atoms with Gasteiger partial charge in [0.05, 0.1) is 0 Å². The molecule has 0 aromatic carbocycles. The Labute approximate surface area is 70.1 Å². The molecule has 0 aromatic rings. The van der Waals surface area contributed by atoms with Crippen molar-refractivity contribution in [1.29, 1.82) is 0 Å². The summed E-state index contributed by atoms with van der Waals surface area (Å²) >= 11 is 0. The zero-order chi connectivity index (χ0) is 0. The first kappa shape index (κ1) is 6450. The standard InChI is InChI=1S/4CH4.4B.4H2/h4*1H4;;;;;4*1H/i;;;;;;;;4*1+1. The molecule has 0 aromatic heterocycles. The Hall–Kier alpha value is 0.260. The van der Waals surface area contributed by atoms with Gasteiger partial charge in [-0.15, -0.1) is 0 Å². The topological polar surface area (TPSA) is 0 Å². The van der Waals surface area contributed by atoms with Crippen molar-refractivity contribution in [2.75, 3.05) is 0 Å².